The monoisotopic (exact) mass is 350 g/mol. The molecule has 0 bridgehead atoms. The van der Waals surface area contributed by atoms with E-state index < -0.39 is 24.1 Å². The summed E-state index contributed by atoms with van der Waals surface area (Å²) in [4.78, 5) is 38.7. The van der Waals surface area contributed by atoms with Crippen LogP contribution in [0.3, 0.4) is 0 Å². The van der Waals surface area contributed by atoms with Crippen LogP contribution in [-0.4, -0.2) is 69.8 Å². The van der Waals surface area contributed by atoms with Crippen molar-refractivity contribution < 1.29 is 29.3 Å². The predicted octanol–water partition coefficient (Wildman–Crippen LogP) is 0.581. The molecule has 2 N–H and O–H groups in total. The molecule has 4 atom stereocenters. The molecule has 2 saturated heterocycles. The van der Waals surface area contributed by atoms with Crippen LogP contribution in [0.5, 0.6) is 0 Å². The first-order valence-electron chi connectivity index (χ1n) is 8.36. The lowest BCUT2D eigenvalue weighted by atomic mass is 9.82. The van der Waals surface area contributed by atoms with Gasteiger partial charge in [-0.3, -0.25) is 4.79 Å². The van der Waals surface area contributed by atoms with Gasteiger partial charge in [-0.05, 0) is 25.3 Å². The average Bonchev–Trinajstić information content (AvgIpc) is 3.14. The van der Waals surface area contributed by atoms with E-state index in [1.165, 1.54) is 11.0 Å². The van der Waals surface area contributed by atoms with E-state index in [9.17, 15) is 24.6 Å². The zero-order chi connectivity index (χ0) is 18.3. The molecule has 0 radical (unpaired) electrons. The second-order valence-corrected chi connectivity index (χ2v) is 6.72. The van der Waals surface area contributed by atoms with Crippen molar-refractivity contribution in [2.75, 3.05) is 19.7 Å². The van der Waals surface area contributed by atoms with Crippen molar-refractivity contribution in [3.63, 3.8) is 0 Å². The maximum absolute atomic E-state index is 12.2. The highest BCUT2D eigenvalue weighted by molar-refractivity contribution is 5.99. The lowest BCUT2D eigenvalue weighted by Gasteiger charge is -2.44. The summed E-state index contributed by atoms with van der Waals surface area (Å²) < 4.78 is 5.02. The minimum atomic E-state index is -1.14. The number of fused-ring (bicyclic) bond motifs is 1. The van der Waals surface area contributed by atoms with E-state index in [4.69, 9.17) is 4.74 Å². The van der Waals surface area contributed by atoms with Crippen molar-refractivity contribution in [1.29, 1.82) is 0 Å². The van der Waals surface area contributed by atoms with Crippen molar-refractivity contribution >= 4 is 18.0 Å². The third-order valence-electron chi connectivity index (χ3n) is 5.23. The molecule has 3 aliphatic heterocycles. The Kier molecular flexibility index (Phi) is 4.55. The number of carboxylic acid groups (broad SMARTS) is 1. The molecular weight excluding hydrogens is 328 g/mol. The van der Waals surface area contributed by atoms with E-state index in [1.54, 1.807) is 11.8 Å². The van der Waals surface area contributed by atoms with Crippen molar-refractivity contribution in [3.05, 3.63) is 23.9 Å². The maximum atomic E-state index is 12.2. The number of aliphatic hydroxyl groups is 1. The van der Waals surface area contributed by atoms with Gasteiger partial charge in [0.15, 0.2) is 0 Å². The maximum Gasteiger partial charge on any atom is 0.410 e. The molecule has 8 nitrogen and oxygen atoms in total. The minimum Gasteiger partial charge on any atom is -0.477 e. The number of β-lactam (4-membered cyclic amide) rings is 1. The van der Waals surface area contributed by atoms with E-state index in [2.05, 4.69) is 6.58 Å². The summed E-state index contributed by atoms with van der Waals surface area (Å²) in [6.07, 6.45) is 1.29. The topological polar surface area (TPSA) is 107 Å². The van der Waals surface area contributed by atoms with Gasteiger partial charge < -0.3 is 24.7 Å². The molecule has 2 amide bonds. The fraction of sp³-hybridized carbons (Fsp3) is 0.588. The van der Waals surface area contributed by atoms with Crippen LogP contribution in [0.25, 0.3) is 0 Å². The summed E-state index contributed by atoms with van der Waals surface area (Å²) >= 11 is 0. The van der Waals surface area contributed by atoms with Gasteiger partial charge in [-0.15, -0.1) is 0 Å². The molecule has 0 aromatic rings. The highest BCUT2D eigenvalue weighted by atomic mass is 16.6. The van der Waals surface area contributed by atoms with Gasteiger partial charge >= 0.3 is 12.1 Å². The van der Waals surface area contributed by atoms with Gasteiger partial charge in [0.25, 0.3) is 0 Å². The number of likely N-dealkylation sites (tertiary alicyclic amines) is 1. The molecule has 0 spiro atoms. The average molecular weight is 350 g/mol. The number of carbonyl (C=O) groups is 3. The zero-order valence-electron chi connectivity index (χ0n) is 14.1. The third-order valence-corrected chi connectivity index (χ3v) is 5.23. The molecule has 2 fully saturated rings. The Labute approximate surface area is 145 Å². The Bertz CT molecular complexity index is 656. The molecule has 3 rings (SSSR count). The summed E-state index contributed by atoms with van der Waals surface area (Å²) in [6, 6.07) is -0.296. The summed E-state index contributed by atoms with van der Waals surface area (Å²) in [7, 11) is 0. The number of carboxylic acids is 1. The summed E-state index contributed by atoms with van der Waals surface area (Å²) in [6.45, 7) is 6.02. The molecule has 0 aromatic heterocycles. The Morgan fingerprint density at radius 2 is 2.20 bits per heavy atom. The fourth-order valence-electron chi connectivity index (χ4n) is 4.10. The first-order chi connectivity index (χ1) is 11.9. The van der Waals surface area contributed by atoms with Crippen LogP contribution in [-0.2, 0) is 14.3 Å². The molecule has 3 aliphatic rings. The van der Waals surface area contributed by atoms with Crippen LogP contribution in [0.2, 0.25) is 0 Å². The highest BCUT2D eigenvalue weighted by Crippen LogP contribution is 2.47. The molecule has 136 valence electrons. The summed E-state index contributed by atoms with van der Waals surface area (Å²) in [5.74, 6) is -2.15. The molecular formula is C17H22N2O6. The van der Waals surface area contributed by atoms with Crippen LogP contribution >= 0.6 is 0 Å². The summed E-state index contributed by atoms with van der Waals surface area (Å²) in [5, 5.41) is 19.3. The first kappa shape index (κ1) is 17.5. The number of nitrogens with zero attached hydrogens (tertiary/aromatic N) is 2. The number of aliphatic carboxylic acids is 1. The number of carbonyl (C=O) groups excluding carboxylic acids is 2. The first-order valence-corrected chi connectivity index (χ1v) is 8.36. The number of rotatable bonds is 5. The zero-order valence-corrected chi connectivity index (χ0v) is 14.1. The van der Waals surface area contributed by atoms with Gasteiger partial charge in [0.05, 0.1) is 18.1 Å². The summed E-state index contributed by atoms with van der Waals surface area (Å²) in [5.41, 5.74) is 0.714. The fourth-order valence-corrected chi connectivity index (χ4v) is 4.10. The molecule has 3 heterocycles. The second-order valence-electron chi connectivity index (χ2n) is 6.72. The Balaban J connectivity index is 1.76. The Morgan fingerprint density at radius 1 is 1.48 bits per heavy atom. The highest BCUT2D eigenvalue weighted by Gasteiger charge is 2.57. The van der Waals surface area contributed by atoms with Crippen molar-refractivity contribution in [2.45, 2.75) is 31.9 Å². The standard InChI is InChI=1S/C17H22N2O6/c1-3-6-25-17(24)18-5-4-10(8-18)11-7-12-13(9(2)20)15(21)19(12)14(11)16(22)23/h3,9-10,12-13,20H,1,4-8H2,2H3,(H,22,23)/t9-,10?,12-,13-/m1/s1. The van der Waals surface area contributed by atoms with E-state index in [1.807, 2.05) is 0 Å². The lowest BCUT2D eigenvalue weighted by molar-refractivity contribution is -0.161. The predicted molar refractivity (Wildman–Crippen MR) is 86.3 cm³/mol. The van der Waals surface area contributed by atoms with Gasteiger partial charge in [-0.1, -0.05) is 12.7 Å². The van der Waals surface area contributed by atoms with Crippen LogP contribution < -0.4 is 0 Å². The molecule has 25 heavy (non-hydrogen) atoms. The number of hydrogen-bond donors (Lipinski definition) is 2. The van der Waals surface area contributed by atoms with Crippen LogP contribution in [0.15, 0.2) is 23.9 Å². The Hall–Kier alpha value is -2.35. The molecule has 1 unspecified atom stereocenters. The van der Waals surface area contributed by atoms with Crippen LogP contribution in [0.4, 0.5) is 4.79 Å². The van der Waals surface area contributed by atoms with E-state index in [-0.39, 0.29) is 30.2 Å². The van der Waals surface area contributed by atoms with Crippen molar-refractivity contribution in [1.82, 2.24) is 9.80 Å². The quantitative estimate of drug-likeness (QED) is 0.555. The third kappa shape index (κ3) is 2.80. The number of amides is 2. The van der Waals surface area contributed by atoms with Gasteiger partial charge in [0, 0.05) is 19.0 Å². The molecule has 0 aliphatic carbocycles. The Morgan fingerprint density at radius 3 is 2.80 bits per heavy atom. The number of aliphatic hydroxyl groups excluding tert-OH is 1. The largest absolute Gasteiger partial charge is 0.477 e. The second kappa shape index (κ2) is 6.51. The van der Waals surface area contributed by atoms with Gasteiger partial charge in [-0.25, -0.2) is 9.59 Å². The van der Waals surface area contributed by atoms with Gasteiger partial charge in [0.1, 0.15) is 12.3 Å². The normalized spacial score (nSPS) is 29.4. The minimum absolute atomic E-state index is 0.0261. The molecule has 0 aromatic carbocycles. The van der Waals surface area contributed by atoms with E-state index in [0.29, 0.717) is 31.5 Å². The molecule has 8 heteroatoms. The van der Waals surface area contributed by atoms with Gasteiger partial charge in [-0.2, -0.15) is 0 Å². The van der Waals surface area contributed by atoms with Crippen molar-refractivity contribution in [3.8, 4) is 0 Å². The SMILES string of the molecule is C=CCOC(=O)N1CCC(C2=C(C(=O)O)N3C(=O)[C@H]([C@@H](C)O)[C@H]3C2)C1. The van der Waals surface area contributed by atoms with Crippen LogP contribution in [0.1, 0.15) is 19.8 Å². The van der Waals surface area contributed by atoms with E-state index >= 15 is 0 Å². The van der Waals surface area contributed by atoms with Crippen LogP contribution in [0, 0.1) is 11.8 Å². The van der Waals surface area contributed by atoms with Gasteiger partial charge in [0.2, 0.25) is 5.91 Å². The van der Waals surface area contributed by atoms with E-state index in [0.717, 1.165) is 0 Å². The number of ether oxygens (including phenoxy) is 1. The number of hydrogen-bond acceptors (Lipinski definition) is 5. The smallest absolute Gasteiger partial charge is 0.410 e. The van der Waals surface area contributed by atoms with Crippen molar-refractivity contribution in [2.24, 2.45) is 11.8 Å². The lowest BCUT2D eigenvalue weighted by Crippen LogP contribution is -2.61. The molecule has 0 saturated carbocycles.